The molecule has 0 radical (unpaired) electrons. The minimum Gasteiger partial charge on any atom is -0.388 e. The van der Waals surface area contributed by atoms with Gasteiger partial charge < -0.3 is 5.11 Å². The van der Waals surface area contributed by atoms with Gasteiger partial charge in [0.1, 0.15) is 0 Å². The fraction of sp³-hybridized carbons (Fsp3) is 0.538. The van der Waals surface area contributed by atoms with Crippen molar-refractivity contribution in [1.82, 2.24) is 0 Å². The molecule has 2 unspecified atom stereocenters. The van der Waals surface area contributed by atoms with Gasteiger partial charge in [-0.1, -0.05) is 50.4 Å². The lowest BCUT2D eigenvalue weighted by Crippen LogP contribution is -2.04. The Hall–Kier alpha value is -0.530. The number of benzene rings is 1. The Bertz CT molecular complexity index is 298. The Balaban J connectivity index is 2.56. The maximum atomic E-state index is 9.98. The summed E-state index contributed by atoms with van der Waals surface area (Å²) in [7, 11) is 0. The van der Waals surface area contributed by atoms with Crippen LogP contribution in [0.5, 0.6) is 0 Å². The number of rotatable bonds is 5. The van der Waals surface area contributed by atoms with Gasteiger partial charge in [0, 0.05) is 5.02 Å². The zero-order chi connectivity index (χ0) is 11.3. The molecule has 1 aromatic carbocycles. The molecule has 0 heterocycles. The molecule has 0 saturated heterocycles. The summed E-state index contributed by atoms with van der Waals surface area (Å²) in [6.45, 7) is 4.35. The molecule has 0 aromatic heterocycles. The maximum absolute atomic E-state index is 9.98. The van der Waals surface area contributed by atoms with Crippen molar-refractivity contribution in [2.75, 3.05) is 0 Å². The zero-order valence-corrected chi connectivity index (χ0v) is 10.2. The molecule has 2 heteroatoms. The first-order valence-corrected chi connectivity index (χ1v) is 5.94. The van der Waals surface area contributed by atoms with E-state index >= 15 is 0 Å². The van der Waals surface area contributed by atoms with Crippen molar-refractivity contribution >= 4 is 11.6 Å². The van der Waals surface area contributed by atoms with Crippen LogP contribution in [0.25, 0.3) is 0 Å². The largest absolute Gasteiger partial charge is 0.388 e. The van der Waals surface area contributed by atoms with Crippen molar-refractivity contribution in [2.24, 2.45) is 5.92 Å². The van der Waals surface area contributed by atoms with Crippen molar-refractivity contribution in [1.29, 1.82) is 0 Å². The second-order valence-corrected chi connectivity index (χ2v) is 4.64. The number of hydrogen-bond donors (Lipinski definition) is 1. The molecule has 0 spiro atoms. The monoisotopic (exact) mass is 226 g/mol. The Kier molecular flexibility index (Phi) is 5.13. The van der Waals surface area contributed by atoms with E-state index < -0.39 is 0 Å². The highest BCUT2D eigenvalue weighted by Gasteiger charge is 2.11. The van der Waals surface area contributed by atoms with Gasteiger partial charge in [-0.25, -0.2) is 0 Å². The lowest BCUT2D eigenvalue weighted by atomic mass is 9.95. The number of halogens is 1. The highest BCUT2D eigenvalue weighted by Crippen LogP contribution is 2.25. The zero-order valence-electron chi connectivity index (χ0n) is 9.41. The Morgan fingerprint density at radius 1 is 1.40 bits per heavy atom. The predicted molar refractivity (Wildman–Crippen MR) is 65.1 cm³/mol. The normalized spacial score (nSPS) is 14.9. The van der Waals surface area contributed by atoms with Crippen molar-refractivity contribution in [3.8, 4) is 0 Å². The van der Waals surface area contributed by atoms with E-state index in [4.69, 9.17) is 11.6 Å². The summed E-state index contributed by atoms with van der Waals surface area (Å²) in [6, 6.07) is 7.47. The molecule has 0 fully saturated rings. The minimum atomic E-state index is -0.384. The molecule has 0 amide bonds. The van der Waals surface area contributed by atoms with Crippen LogP contribution >= 0.6 is 11.6 Å². The van der Waals surface area contributed by atoms with Gasteiger partial charge >= 0.3 is 0 Å². The smallest absolute Gasteiger partial charge is 0.0793 e. The Labute approximate surface area is 97.1 Å². The molecule has 0 aliphatic heterocycles. The van der Waals surface area contributed by atoms with Gasteiger partial charge in [0.05, 0.1) is 6.10 Å². The fourth-order valence-corrected chi connectivity index (χ4v) is 2.04. The third-order valence-electron chi connectivity index (χ3n) is 2.64. The van der Waals surface area contributed by atoms with Crippen LogP contribution in [0.3, 0.4) is 0 Å². The predicted octanol–water partition coefficient (Wildman–Crippen LogP) is 4.20. The van der Waals surface area contributed by atoms with E-state index in [2.05, 4.69) is 13.8 Å². The van der Waals surface area contributed by atoms with Crippen molar-refractivity contribution in [3.63, 3.8) is 0 Å². The SMILES string of the molecule is CCCC(C)CC(O)c1cccc(Cl)c1. The van der Waals surface area contributed by atoms with E-state index in [1.54, 1.807) is 0 Å². The van der Waals surface area contributed by atoms with E-state index in [0.717, 1.165) is 18.4 Å². The molecule has 84 valence electrons. The third-order valence-corrected chi connectivity index (χ3v) is 2.88. The summed E-state index contributed by atoms with van der Waals surface area (Å²) in [4.78, 5) is 0. The standard InChI is InChI=1S/C13H19ClO/c1-3-5-10(2)8-13(15)11-6-4-7-12(14)9-11/h4,6-7,9-10,13,15H,3,5,8H2,1-2H3. The maximum Gasteiger partial charge on any atom is 0.0793 e. The first-order chi connectivity index (χ1) is 7.13. The number of aliphatic hydroxyl groups excluding tert-OH is 1. The first kappa shape index (κ1) is 12.5. The molecule has 2 atom stereocenters. The highest BCUT2D eigenvalue weighted by atomic mass is 35.5. The van der Waals surface area contributed by atoms with Crippen LogP contribution in [0, 0.1) is 5.92 Å². The lowest BCUT2D eigenvalue weighted by molar-refractivity contribution is 0.145. The van der Waals surface area contributed by atoms with Crippen molar-refractivity contribution < 1.29 is 5.11 Å². The van der Waals surface area contributed by atoms with Crippen LogP contribution in [-0.4, -0.2) is 5.11 Å². The van der Waals surface area contributed by atoms with Crippen molar-refractivity contribution in [3.05, 3.63) is 34.9 Å². The third kappa shape index (κ3) is 4.23. The van der Waals surface area contributed by atoms with Gasteiger partial charge in [-0.15, -0.1) is 0 Å². The van der Waals surface area contributed by atoms with Crippen LogP contribution in [0.4, 0.5) is 0 Å². The second kappa shape index (κ2) is 6.14. The van der Waals surface area contributed by atoms with E-state index in [9.17, 15) is 5.11 Å². The molecule has 15 heavy (non-hydrogen) atoms. The average molecular weight is 227 g/mol. The van der Waals surface area contributed by atoms with E-state index in [-0.39, 0.29) is 6.10 Å². The molecule has 1 N–H and O–H groups in total. The first-order valence-electron chi connectivity index (χ1n) is 5.57. The highest BCUT2D eigenvalue weighted by molar-refractivity contribution is 6.30. The second-order valence-electron chi connectivity index (χ2n) is 4.20. The quantitative estimate of drug-likeness (QED) is 0.798. The molecule has 1 rings (SSSR count). The summed E-state index contributed by atoms with van der Waals surface area (Å²) in [5.41, 5.74) is 0.922. The van der Waals surface area contributed by atoms with Crippen LogP contribution in [0.15, 0.2) is 24.3 Å². The van der Waals surface area contributed by atoms with Crippen LogP contribution in [-0.2, 0) is 0 Å². The van der Waals surface area contributed by atoms with Crippen LogP contribution in [0.1, 0.15) is 44.8 Å². The fourth-order valence-electron chi connectivity index (χ4n) is 1.84. The molecule has 0 bridgehead atoms. The minimum absolute atomic E-state index is 0.384. The molecular weight excluding hydrogens is 208 g/mol. The molecular formula is C13H19ClO. The van der Waals surface area contributed by atoms with Gasteiger partial charge in [-0.05, 0) is 30.0 Å². The molecule has 1 aromatic rings. The van der Waals surface area contributed by atoms with E-state index in [0.29, 0.717) is 10.9 Å². The lowest BCUT2D eigenvalue weighted by Gasteiger charge is -2.16. The van der Waals surface area contributed by atoms with E-state index in [1.807, 2.05) is 24.3 Å². The van der Waals surface area contributed by atoms with Crippen LogP contribution in [0.2, 0.25) is 5.02 Å². The molecule has 0 aliphatic rings. The van der Waals surface area contributed by atoms with Crippen molar-refractivity contribution in [2.45, 2.75) is 39.2 Å². The van der Waals surface area contributed by atoms with Gasteiger partial charge in [-0.2, -0.15) is 0 Å². The van der Waals surface area contributed by atoms with Crippen LogP contribution < -0.4 is 0 Å². The summed E-state index contributed by atoms with van der Waals surface area (Å²) in [5, 5.41) is 10.7. The van der Waals surface area contributed by atoms with E-state index in [1.165, 1.54) is 6.42 Å². The molecule has 0 saturated carbocycles. The van der Waals surface area contributed by atoms with Gasteiger partial charge in [0.2, 0.25) is 0 Å². The number of hydrogen-bond acceptors (Lipinski definition) is 1. The topological polar surface area (TPSA) is 20.2 Å². The Morgan fingerprint density at radius 2 is 2.13 bits per heavy atom. The van der Waals surface area contributed by atoms with Gasteiger partial charge in [-0.3, -0.25) is 0 Å². The molecule has 1 nitrogen and oxygen atoms in total. The summed E-state index contributed by atoms with van der Waals surface area (Å²) < 4.78 is 0. The van der Waals surface area contributed by atoms with Gasteiger partial charge in [0.25, 0.3) is 0 Å². The summed E-state index contributed by atoms with van der Waals surface area (Å²) in [6.07, 6.45) is 2.76. The average Bonchev–Trinajstić information content (AvgIpc) is 2.18. The Morgan fingerprint density at radius 3 is 2.73 bits per heavy atom. The number of aliphatic hydroxyl groups is 1. The summed E-state index contributed by atoms with van der Waals surface area (Å²) in [5.74, 6) is 0.559. The molecule has 0 aliphatic carbocycles. The summed E-state index contributed by atoms with van der Waals surface area (Å²) >= 11 is 5.88. The van der Waals surface area contributed by atoms with Gasteiger partial charge in [0.15, 0.2) is 0 Å².